The van der Waals surface area contributed by atoms with Crippen molar-refractivity contribution >= 4 is 11.6 Å². The first-order valence-corrected chi connectivity index (χ1v) is 12.7. The lowest BCUT2D eigenvalue weighted by atomic mass is 9.51. The number of phenolic OH excluding ortho intramolecular Hbond substituents is 1. The monoisotopic (exact) mass is 469 g/mol. The number of benzene rings is 2. The lowest BCUT2D eigenvalue weighted by Crippen LogP contribution is -2.47. The molecule has 33 heavy (non-hydrogen) atoms. The molecule has 2 N–H and O–H groups in total. The largest absolute Gasteiger partial charge is 0.506 e. The van der Waals surface area contributed by atoms with E-state index in [1.54, 1.807) is 6.07 Å². The highest BCUT2D eigenvalue weighted by atomic mass is 35.5. The van der Waals surface area contributed by atoms with Crippen molar-refractivity contribution in [2.75, 3.05) is 27.2 Å². The Labute approximate surface area is 202 Å². The summed E-state index contributed by atoms with van der Waals surface area (Å²) in [6.45, 7) is 3.87. The van der Waals surface area contributed by atoms with Crippen molar-refractivity contribution in [2.24, 2.45) is 17.3 Å². The van der Waals surface area contributed by atoms with Gasteiger partial charge < -0.3 is 19.8 Å². The van der Waals surface area contributed by atoms with Gasteiger partial charge in [-0.05, 0) is 110 Å². The molecule has 0 aliphatic heterocycles. The lowest BCUT2D eigenvalue weighted by molar-refractivity contribution is -0.0322. The number of hydrogen-bond acceptors (Lipinski definition) is 4. The Kier molecular flexibility index (Phi) is 6.13. The van der Waals surface area contributed by atoms with E-state index in [-0.39, 0.29) is 17.3 Å². The van der Waals surface area contributed by atoms with Crippen LogP contribution in [0.25, 0.3) is 0 Å². The van der Waals surface area contributed by atoms with Gasteiger partial charge >= 0.3 is 0 Å². The lowest BCUT2D eigenvalue weighted by Gasteiger charge is -2.54. The van der Waals surface area contributed by atoms with Crippen LogP contribution in [0.1, 0.15) is 61.1 Å². The van der Waals surface area contributed by atoms with Gasteiger partial charge in [0.25, 0.3) is 0 Å². The minimum absolute atomic E-state index is 0.0507. The molecule has 2 saturated carbocycles. The van der Waals surface area contributed by atoms with Gasteiger partial charge in [-0.1, -0.05) is 36.7 Å². The summed E-state index contributed by atoms with van der Waals surface area (Å²) >= 11 is 6.58. The van der Waals surface area contributed by atoms with E-state index in [4.69, 9.17) is 16.3 Å². The number of aliphatic hydroxyl groups excluding tert-OH is 1. The molecule has 0 spiro atoms. The molecule has 5 unspecified atom stereocenters. The van der Waals surface area contributed by atoms with Crippen LogP contribution in [0.4, 0.5) is 0 Å². The van der Waals surface area contributed by atoms with Crippen molar-refractivity contribution in [3.63, 3.8) is 0 Å². The number of aliphatic hydroxyl groups is 1. The number of likely N-dealkylation sites (N-methyl/N-ethyl adjacent to an activating group) is 1. The Morgan fingerprint density at radius 1 is 1.09 bits per heavy atom. The molecule has 2 aromatic carbocycles. The maximum atomic E-state index is 11.0. The summed E-state index contributed by atoms with van der Waals surface area (Å²) in [6, 6.07) is 12.5. The Bertz CT molecular complexity index is 1010. The summed E-state index contributed by atoms with van der Waals surface area (Å²) in [6.07, 6.45) is 4.71. The quantitative estimate of drug-likeness (QED) is 0.598. The van der Waals surface area contributed by atoms with Gasteiger partial charge in [-0.2, -0.15) is 0 Å². The molecule has 0 bridgehead atoms. The molecule has 178 valence electrons. The van der Waals surface area contributed by atoms with Crippen LogP contribution in [0.2, 0.25) is 5.02 Å². The fourth-order valence-electron chi connectivity index (χ4n) is 7.20. The number of nitrogens with zero attached hydrogens (tertiary/aromatic N) is 1. The average Bonchev–Trinajstić information content (AvgIpc) is 3.10. The van der Waals surface area contributed by atoms with Crippen LogP contribution in [-0.4, -0.2) is 48.5 Å². The second kappa shape index (κ2) is 8.79. The smallest absolute Gasteiger partial charge is 0.134 e. The molecule has 6 atom stereocenters. The first-order chi connectivity index (χ1) is 15.8. The minimum Gasteiger partial charge on any atom is -0.506 e. The SMILES string of the molecule is CN(C)CCOc1ccc(C2C[C@]3(C)C(O)CCC3C3CCc4c(ccc(O)c4Cl)C23)cc1. The second-order valence-corrected chi connectivity index (χ2v) is 11.3. The van der Waals surface area contributed by atoms with E-state index < -0.39 is 0 Å². The van der Waals surface area contributed by atoms with E-state index in [0.717, 1.165) is 50.0 Å². The molecule has 3 aliphatic rings. The van der Waals surface area contributed by atoms with Crippen molar-refractivity contribution in [3.8, 4) is 11.5 Å². The van der Waals surface area contributed by atoms with Crippen LogP contribution < -0.4 is 4.74 Å². The predicted octanol–water partition coefficient (Wildman–Crippen LogP) is 5.60. The highest BCUT2D eigenvalue weighted by Gasteiger charge is 2.57. The zero-order valence-corrected chi connectivity index (χ0v) is 20.7. The number of halogens is 1. The first-order valence-electron chi connectivity index (χ1n) is 12.4. The molecular weight excluding hydrogens is 434 g/mol. The standard InChI is InChI=1S/C28H36ClNO3/c1-28-16-22(17-4-6-18(7-5-17)33-15-14-30(2)3)26-19-10-12-24(31)27(29)20(19)8-9-21(26)23(28)11-13-25(28)32/h4-7,10,12,21-23,25-26,31-32H,8-9,11,13-16H2,1-3H3/t21?,22?,23?,25?,26?,28-/m0/s1. The van der Waals surface area contributed by atoms with E-state index in [1.165, 1.54) is 11.1 Å². The third-order valence-corrected chi connectivity index (χ3v) is 9.31. The number of phenols is 1. The zero-order valence-electron chi connectivity index (χ0n) is 19.9. The van der Waals surface area contributed by atoms with Crippen molar-refractivity contribution in [1.82, 2.24) is 4.90 Å². The van der Waals surface area contributed by atoms with Crippen LogP contribution in [0.3, 0.4) is 0 Å². The van der Waals surface area contributed by atoms with Crippen LogP contribution in [0.5, 0.6) is 11.5 Å². The Balaban J connectivity index is 1.51. The maximum Gasteiger partial charge on any atom is 0.134 e. The van der Waals surface area contributed by atoms with Gasteiger partial charge in [-0.3, -0.25) is 0 Å². The van der Waals surface area contributed by atoms with Crippen LogP contribution >= 0.6 is 11.6 Å². The molecule has 0 amide bonds. The third kappa shape index (κ3) is 3.94. The maximum absolute atomic E-state index is 11.0. The van der Waals surface area contributed by atoms with Gasteiger partial charge in [-0.25, -0.2) is 0 Å². The summed E-state index contributed by atoms with van der Waals surface area (Å²) in [4.78, 5) is 2.12. The summed E-state index contributed by atoms with van der Waals surface area (Å²) in [5.74, 6) is 2.80. The summed E-state index contributed by atoms with van der Waals surface area (Å²) in [7, 11) is 4.09. The summed E-state index contributed by atoms with van der Waals surface area (Å²) in [5, 5.41) is 21.8. The summed E-state index contributed by atoms with van der Waals surface area (Å²) < 4.78 is 5.93. The molecule has 5 heteroatoms. The van der Waals surface area contributed by atoms with Crippen molar-refractivity contribution in [2.45, 2.75) is 57.0 Å². The number of aromatic hydroxyl groups is 1. The molecule has 2 aromatic rings. The van der Waals surface area contributed by atoms with Crippen LogP contribution in [-0.2, 0) is 6.42 Å². The number of fused-ring (bicyclic) bond motifs is 5. The molecule has 0 aromatic heterocycles. The highest BCUT2D eigenvalue weighted by molar-refractivity contribution is 6.32. The van der Waals surface area contributed by atoms with Gasteiger partial charge in [0, 0.05) is 6.54 Å². The molecule has 0 saturated heterocycles. The molecule has 3 aliphatic carbocycles. The van der Waals surface area contributed by atoms with Gasteiger partial charge in [0.2, 0.25) is 0 Å². The summed E-state index contributed by atoms with van der Waals surface area (Å²) in [5.41, 5.74) is 3.67. The predicted molar refractivity (Wildman–Crippen MR) is 132 cm³/mol. The van der Waals surface area contributed by atoms with Crippen molar-refractivity contribution in [1.29, 1.82) is 0 Å². The average molecular weight is 470 g/mol. The van der Waals surface area contributed by atoms with Gasteiger partial charge in [0.1, 0.15) is 18.1 Å². The topological polar surface area (TPSA) is 52.9 Å². The third-order valence-electron chi connectivity index (χ3n) is 8.89. The van der Waals surface area contributed by atoms with E-state index in [0.29, 0.717) is 35.3 Å². The van der Waals surface area contributed by atoms with E-state index in [1.807, 2.05) is 14.1 Å². The molecule has 0 heterocycles. The normalized spacial score (nSPS) is 32.8. The van der Waals surface area contributed by atoms with E-state index in [2.05, 4.69) is 42.2 Å². The van der Waals surface area contributed by atoms with Crippen molar-refractivity contribution in [3.05, 3.63) is 58.1 Å². The Hall–Kier alpha value is -1.75. The van der Waals surface area contributed by atoms with Gasteiger partial charge in [0.15, 0.2) is 0 Å². The van der Waals surface area contributed by atoms with Crippen LogP contribution in [0, 0.1) is 17.3 Å². The Morgan fingerprint density at radius 3 is 2.58 bits per heavy atom. The molecule has 0 radical (unpaired) electrons. The molecule has 4 nitrogen and oxygen atoms in total. The minimum atomic E-state index is -0.232. The van der Waals surface area contributed by atoms with E-state index in [9.17, 15) is 10.2 Å². The zero-order chi connectivity index (χ0) is 23.3. The Morgan fingerprint density at radius 2 is 1.85 bits per heavy atom. The molecular formula is C28H36ClNO3. The second-order valence-electron chi connectivity index (χ2n) is 10.9. The molecule has 2 fully saturated rings. The van der Waals surface area contributed by atoms with Gasteiger partial charge in [0.05, 0.1) is 11.1 Å². The van der Waals surface area contributed by atoms with E-state index >= 15 is 0 Å². The van der Waals surface area contributed by atoms with Crippen molar-refractivity contribution < 1.29 is 14.9 Å². The fourth-order valence-corrected chi connectivity index (χ4v) is 7.46. The highest BCUT2D eigenvalue weighted by Crippen LogP contribution is 2.65. The number of ether oxygens (including phenoxy) is 1. The first kappa shape index (κ1) is 23.0. The molecule has 5 rings (SSSR count). The van der Waals surface area contributed by atoms with Gasteiger partial charge in [-0.15, -0.1) is 0 Å². The van der Waals surface area contributed by atoms with Crippen LogP contribution in [0.15, 0.2) is 36.4 Å². The number of hydrogen-bond donors (Lipinski definition) is 2. The number of rotatable bonds is 5. The fraction of sp³-hybridized carbons (Fsp3) is 0.571.